The molecular weight excluding hydrogens is 314 g/mol. The van der Waals surface area contributed by atoms with Crippen LogP contribution in [-0.2, 0) is 23.2 Å². The summed E-state index contributed by atoms with van der Waals surface area (Å²) >= 11 is 0. The number of hydrogen-bond acceptors (Lipinski definition) is 4. The van der Waals surface area contributed by atoms with Crippen molar-refractivity contribution in [1.29, 1.82) is 0 Å². The van der Waals surface area contributed by atoms with Gasteiger partial charge in [-0.05, 0) is 36.3 Å². The Balaban J connectivity index is 1.66. The van der Waals surface area contributed by atoms with Gasteiger partial charge in [-0.1, -0.05) is 56.1 Å². The third-order valence-electron chi connectivity index (χ3n) is 4.82. The Labute approximate surface area is 149 Å². The van der Waals surface area contributed by atoms with Crippen molar-refractivity contribution < 1.29 is 9.32 Å². The first-order chi connectivity index (χ1) is 12.0. The number of aromatic nitrogens is 2. The van der Waals surface area contributed by atoms with Gasteiger partial charge >= 0.3 is 0 Å². The molecule has 0 bridgehead atoms. The van der Waals surface area contributed by atoms with E-state index in [0.29, 0.717) is 24.1 Å². The maximum atomic E-state index is 12.6. The minimum atomic E-state index is -0.466. The van der Waals surface area contributed by atoms with Crippen molar-refractivity contribution in [2.24, 2.45) is 5.92 Å². The van der Waals surface area contributed by atoms with E-state index in [1.807, 2.05) is 0 Å². The Morgan fingerprint density at radius 3 is 2.40 bits per heavy atom. The molecule has 1 amide bonds. The minimum Gasteiger partial charge on any atom is -0.343 e. The molecule has 134 valence electrons. The molecule has 1 aromatic heterocycles. The van der Waals surface area contributed by atoms with Crippen LogP contribution in [0.5, 0.6) is 0 Å². The topological polar surface area (TPSA) is 68.0 Å². The minimum absolute atomic E-state index is 0.0148. The van der Waals surface area contributed by atoms with Gasteiger partial charge in [-0.3, -0.25) is 4.79 Å². The summed E-state index contributed by atoms with van der Waals surface area (Å²) in [4.78, 5) is 17.0. The molecule has 1 fully saturated rings. The number of nitrogens with one attached hydrogen (secondary N) is 1. The Morgan fingerprint density at radius 1 is 1.20 bits per heavy atom. The number of aryl methyl sites for hydroxylation is 1. The molecule has 0 saturated heterocycles. The van der Waals surface area contributed by atoms with Gasteiger partial charge in [0.15, 0.2) is 5.82 Å². The number of benzene rings is 1. The second-order valence-electron chi connectivity index (χ2n) is 7.57. The summed E-state index contributed by atoms with van der Waals surface area (Å²) in [5.41, 5.74) is 1.88. The number of hydrogen-bond donors (Lipinski definition) is 1. The van der Waals surface area contributed by atoms with Crippen molar-refractivity contribution in [1.82, 2.24) is 15.5 Å². The largest absolute Gasteiger partial charge is 0.343 e. The van der Waals surface area contributed by atoms with Crippen LogP contribution in [0.25, 0.3) is 0 Å². The summed E-state index contributed by atoms with van der Waals surface area (Å²) < 4.78 is 5.13. The van der Waals surface area contributed by atoms with Gasteiger partial charge < -0.3 is 9.84 Å². The Hall–Kier alpha value is -2.17. The first kappa shape index (κ1) is 17.6. The van der Waals surface area contributed by atoms with E-state index < -0.39 is 5.54 Å². The summed E-state index contributed by atoms with van der Waals surface area (Å²) in [6.45, 7) is 6.20. The number of carbonyl (C=O) groups excluding carboxylic acids is 1. The quantitative estimate of drug-likeness (QED) is 0.870. The van der Waals surface area contributed by atoms with Gasteiger partial charge in [-0.15, -0.1) is 0 Å². The lowest BCUT2D eigenvalue weighted by Gasteiger charge is -2.26. The van der Waals surface area contributed by atoms with Crippen molar-refractivity contribution in [2.45, 2.75) is 64.8 Å². The van der Waals surface area contributed by atoms with E-state index in [1.165, 1.54) is 5.56 Å². The maximum Gasteiger partial charge on any atom is 0.225 e. The van der Waals surface area contributed by atoms with Gasteiger partial charge in [0.05, 0.1) is 6.42 Å². The number of nitrogens with zero attached hydrogens (tertiary/aromatic N) is 2. The molecule has 3 rings (SSSR count). The fraction of sp³-hybridized carbons (Fsp3) is 0.550. The lowest BCUT2D eigenvalue weighted by molar-refractivity contribution is -0.122. The lowest BCUT2D eigenvalue weighted by atomic mass is 9.95. The summed E-state index contributed by atoms with van der Waals surface area (Å²) in [6.07, 6.45) is 5.30. The second-order valence-corrected chi connectivity index (χ2v) is 7.57. The summed E-state index contributed by atoms with van der Waals surface area (Å²) in [6, 6.07) is 8.35. The first-order valence-electron chi connectivity index (χ1n) is 9.16. The maximum absolute atomic E-state index is 12.6. The normalized spacial score (nSPS) is 16.3. The van der Waals surface area contributed by atoms with Crippen LogP contribution < -0.4 is 5.32 Å². The van der Waals surface area contributed by atoms with Crippen LogP contribution in [0.4, 0.5) is 0 Å². The zero-order valence-electron chi connectivity index (χ0n) is 15.3. The van der Waals surface area contributed by atoms with Crippen molar-refractivity contribution in [3.05, 3.63) is 47.1 Å². The molecule has 0 aliphatic heterocycles. The van der Waals surface area contributed by atoms with Crippen molar-refractivity contribution in [3.8, 4) is 0 Å². The summed E-state index contributed by atoms with van der Waals surface area (Å²) in [7, 11) is 0. The molecule has 0 spiro atoms. The molecule has 1 aromatic carbocycles. The van der Waals surface area contributed by atoms with E-state index in [0.717, 1.165) is 37.7 Å². The highest BCUT2D eigenvalue weighted by Gasteiger charge is 2.41. The molecule has 0 unspecified atom stereocenters. The molecule has 1 N–H and O–H groups in total. The van der Waals surface area contributed by atoms with Crippen molar-refractivity contribution in [2.75, 3.05) is 0 Å². The molecule has 5 heteroatoms. The van der Waals surface area contributed by atoms with Crippen LogP contribution in [-0.4, -0.2) is 16.0 Å². The number of amides is 1. The molecule has 1 aliphatic rings. The van der Waals surface area contributed by atoms with Gasteiger partial charge in [0, 0.05) is 6.92 Å². The van der Waals surface area contributed by atoms with Gasteiger partial charge in [0.2, 0.25) is 11.8 Å². The molecule has 25 heavy (non-hydrogen) atoms. The van der Waals surface area contributed by atoms with Gasteiger partial charge in [0.25, 0.3) is 0 Å². The summed E-state index contributed by atoms with van der Waals surface area (Å²) in [5, 5.41) is 7.26. The van der Waals surface area contributed by atoms with Crippen molar-refractivity contribution in [3.63, 3.8) is 0 Å². The molecule has 0 atom stereocenters. The SMILES string of the molecule is Cc1nc(C2(NC(=O)Cc3ccc(CC(C)C)cc3)CCCC2)no1. The van der Waals surface area contributed by atoms with Crippen LogP contribution in [0.3, 0.4) is 0 Å². The third-order valence-corrected chi connectivity index (χ3v) is 4.82. The number of carbonyl (C=O) groups is 1. The first-order valence-corrected chi connectivity index (χ1v) is 9.16. The molecule has 1 heterocycles. The van der Waals surface area contributed by atoms with Crippen LogP contribution in [0.15, 0.2) is 28.8 Å². The molecule has 0 radical (unpaired) electrons. The van der Waals surface area contributed by atoms with E-state index >= 15 is 0 Å². The average molecular weight is 341 g/mol. The molecule has 1 saturated carbocycles. The smallest absolute Gasteiger partial charge is 0.225 e. The summed E-state index contributed by atoms with van der Waals surface area (Å²) in [5.74, 6) is 1.80. The Morgan fingerprint density at radius 2 is 1.84 bits per heavy atom. The van der Waals surface area contributed by atoms with Gasteiger partial charge in [-0.25, -0.2) is 0 Å². The van der Waals surface area contributed by atoms with Crippen LogP contribution in [0, 0.1) is 12.8 Å². The Bertz CT molecular complexity index is 713. The third kappa shape index (κ3) is 4.27. The molecule has 1 aliphatic carbocycles. The van der Waals surface area contributed by atoms with E-state index in [4.69, 9.17) is 4.52 Å². The van der Waals surface area contributed by atoms with E-state index in [9.17, 15) is 4.79 Å². The van der Waals surface area contributed by atoms with Gasteiger partial charge in [-0.2, -0.15) is 4.98 Å². The highest BCUT2D eigenvalue weighted by atomic mass is 16.5. The van der Waals surface area contributed by atoms with Crippen LogP contribution in [0.1, 0.15) is 62.4 Å². The zero-order chi connectivity index (χ0) is 17.9. The zero-order valence-corrected chi connectivity index (χ0v) is 15.3. The predicted octanol–water partition coefficient (Wildman–Crippen LogP) is 3.70. The fourth-order valence-corrected chi connectivity index (χ4v) is 3.64. The monoisotopic (exact) mass is 341 g/mol. The highest BCUT2D eigenvalue weighted by Crippen LogP contribution is 2.37. The standard InChI is InChI=1S/C20H27N3O2/c1-14(2)12-16-6-8-17(9-7-16)13-18(24)22-20(10-4-5-11-20)19-21-15(3)25-23-19/h6-9,14H,4-5,10-13H2,1-3H3,(H,22,24). The van der Waals surface area contributed by atoms with Crippen LogP contribution in [0.2, 0.25) is 0 Å². The number of rotatable bonds is 6. The molecule has 5 nitrogen and oxygen atoms in total. The predicted molar refractivity (Wildman–Crippen MR) is 96.0 cm³/mol. The molecular formula is C20H27N3O2. The van der Waals surface area contributed by atoms with Crippen LogP contribution >= 0.6 is 0 Å². The van der Waals surface area contributed by atoms with E-state index in [-0.39, 0.29) is 5.91 Å². The Kier molecular flexibility index (Phi) is 5.21. The average Bonchev–Trinajstić information content (AvgIpc) is 3.19. The van der Waals surface area contributed by atoms with Gasteiger partial charge in [0.1, 0.15) is 5.54 Å². The van der Waals surface area contributed by atoms with E-state index in [1.54, 1.807) is 6.92 Å². The second kappa shape index (κ2) is 7.38. The fourth-order valence-electron chi connectivity index (χ4n) is 3.64. The van der Waals surface area contributed by atoms with Crippen molar-refractivity contribution >= 4 is 5.91 Å². The lowest BCUT2D eigenvalue weighted by Crippen LogP contribution is -2.45. The molecule has 2 aromatic rings. The van der Waals surface area contributed by atoms with E-state index in [2.05, 4.69) is 53.6 Å². The highest BCUT2D eigenvalue weighted by molar-refractivity contribution is 5.79.